The van der Waals surface area contributed by atoms with E-state index >= 15 is 0 Å². The molecule has 1 aromatic carbocycles. The molecule has 0 aromatic heterocycles. The highest BCUT2D eigenvalue weighted by Crippen LogP contribution is 2.37. The highest BCUT2D eigenvalue weighted by atomic mass is 16.5. The van der Waals surface area contributed by atoms with E-state index < -0.39 is 12.1 Å². The molecule has 28 heavy (non-hydrogen) atoms. The lowest BCUT2D eigenvalue weighted by Crippen LogP contribution is -2.43. The predicted octanol–water partition coefficient (Wildman–Crippen LogP) is 4.03. The van der Waals surface area contributed by atoms with Gasteiger partial charge in [0.2, 0.25) is 0 Å². The number of carbonyl (C=O) groups is 3. The van der Waals surface area contributed by atoms with Gasteiger partial charge in [0.25, 0.3) is 0 Å². The predicted molar refractivity (Wildman–Crippen MR) is 106 cm³/mol. The first-order valence-corrected chi connectivity index (χ1v) is 9.80. The molecule has 154 valence electrons. The van der Waals surface area contributed by atoms with Crippen molar-refractivity contribution in [1.29, 1.82) is 0 Å². The first-order valence-electron chi connectivity index (χ1n) is 9.80. The highest BCUT2D eigenvalue weighted by molar-refractivity contribution is 5.97. The second kappa shape index (κ2) is 9.22. The molecular weight excluding hydrogens is 358 g/mol. The number of benzene rings is 1. The summed E-state index contributed by atoms with van der Waals surface area (Å²) < 4.78 is 9.86. The van der Waals surface area contributed by atoms with Gasteiger partial charge in [-0.15, -0.1) is 0 Å². The van der Waals surface area contributed by atoms with Gasteiger partial charge in [-0.2, -0.15) is 0 Å². The van der Waals surface area contributed by atoms with Gasteiger partial charge in [0.1, 0.15) is 12.2 Å². The van der Waals surface area contributed by atoms with Gasteiger partial charge in [0.05, 0.1) is 19.8 Å². The summed E-state index contributed by atoms with van der Waals surface area (Å²) in [6.45, 7) is 8.80. The fourth-order valence-electron chi connectivity index (χ4n) is 3.62. The van der Waals surface area contributed by atoms with Crippen molar-refractivity contribution in [3.8, 4) is 0 Å². The van der Waals surface area contributed by atoms with Crippen molar-refractivity contribution in [2.45, 2.75) is 58.4 Å². The molecule has 6 nitrogen and oxygen atoms in total. The Hall–Kier alpha value is -2.37. The third-order valence-corrected chi connectivity index (χ3v) is 5.23. The summed E-state index contributed by atoms with van der Waals surface area (Å²) >= 11 is 0. The van der Waals surface area contributed by atoms with Crippen LogP contribution in [0.25, 0.3) is 0 Å². The first kappa shape index (κ1) is 21.9. The van der Waals surface area contributed by atoms with Gasteiger partial charge in [-0.05, 0) is 36.3 Å². The minimum Gasteiger partial charge on any atom is -0.466 e. The zero-order chi connectivity index (χ0) is 20.9. The minimum atomic E-state index is -0.492. The molecule has 2 atom stereocenters. The molecule has 1 aromatic rings. The Balaban J connectivity index is 2.27. The number of hydrogen-bond donors (Lipinski definition) is 0. The average molecular weight is 389 g/mol. The van der Waals surface area contributed by atoms with Gasteiger partial charge >= 0.3 is 12.1 Å². The van der Waals surface area contributed by atoms with Crippen LogP contribution in [0.1, 0.15) is 64.1 Å². The van der Waals surface area contributed by atoms with E-state index in [2.05, 4.69) is 32.9 Å². The Morgan fingerprint density at radius 3 is 2.54 bits per heavy atom. The lowest BCUT2D eigenvalue weighted by Gasteiger charge is -2.38. The molecule has 1 saturated heterocycles. The molecule has 1 amide bonds. The van der Waals surface area contributed by atoms with Gasteiger partial charge in [-0.25, -0.2) is 4.79 Å². The summed E-state index contributed by atoms with van der Waals surface area (Å²) in [6, 6.07) is 7.86. The van der Waals surface area contributed by atoms with Gasteiger partial charge in [-0.3, -0.25) is 9.59 Å². The Kier molecular flexibility index (Phi) is 7.22. The number of hydrogen-bond acceptors (Lipinski definition) is 5. The fourth-order valence-corrected chi connectivity index (χ4v) is 3.62. The molecule has 0 spiro atoms. The number of methoxy groups -OCH3 is 1. The Morgan fingerprint density at radius 2 is 1.93 bits per heavy atom. The summed E-state index contributed by atoms with van der Waals surface area (Å²) in [6.07, 6.45) is 0.373. The molecule has 2 unspecified atom stereocenters. The number of esters is 1. The average Bonchev–Trinajstić information content (AvgIpc) is 2.66. The van der Waals surface area contributed by atoms with E-state index in [4.69, 9.17) is 9.47 Å². The summed E-state index contributed by atoms with van der Waals surface area (Å²) in [5.41, 5.74) is 2.11. The van der Waals surface area contributed by atoms with Crippen LogP contribution in [-0.4, -0.2) is 43.0 Å². The van der Waals surface area contributed by atoms with Gasteiger partial charge < -0.3 is 14.4 Å². The molecular formula is C22H31NO5. The van der Waals surface area contributed by atoms with E-state index in [1.165, 1.54) is 7.11 Å². The number of carbonyl (C=O) groups excluding carboxylic acids is 3. The molecule has 0 radical (unpaired) electrons. The van der Waals surface area contributed by atoms with Crippen molar-refractivity contribution in [2.24, 2.45) is 5.92 Å². The Bertz CT molecular complexity index is 722. The molecule has 0 aliphatic carbocycles. The maximum atomic E-state index is 12.6. The maximum Gasteiger partial charge on any atom is 0.409 e. The molecule has 1 aliphatic rings. The highest BCUT2D eigenvalue weighted by Gasteiger charge is 2.37. The van der Waals surface area contributed by atoms with Crippen molar-refractivity contribution < 1.29 is 23.9 Å². The molecule has 0 saturated carbocycles. The normalized spacial score (nSPS) is 19.8. The standard InChI is InChI=1S/C22H31NO5/c1-6-28-20(25)14-19(24)16-10-11-23(21(26)27-5)18(13-16)15-8-7-9-17(12-15)22(2,3)4/h7-9,12,16,18H,6,10-11,13-14H2,1-5H3. The number of piperidine rings is 1. The van der Waals surface area contributed by atoms with Crippen molar-refractivity contribution in [2.75, 3.05) is 20.3 Å². The smallest absolute Gasteiger partial charge is 0.409 e. The second-order valence-corrected chi connectivity index (χ2v) is 8.22. The zero-order valence-corrected chi connectivity index (χ0v) is 17.5. The van der Waals surface area contributed by atoms with E-state index in [-0.39, 0.29) is 36.2 Å². The van der Waals surface area contributed by atoms with E-state index in [1.54, 1.807) is 11.8 Å². The van der Waals surface area contributed by atoms with Crippen LogP contribution in [0.5, 0.6) is 0 Å². The first-order chi connectivity index (χ1) is 13.2. The summed E-state index contributed by atoms with van der Waals surface area (Å²) in [5.74, 6) is -0.900. The monoisotopic (exact) mass is 389 g/mol. The quantitative estimate of drug-likeness (QED) is 0.562. The number of rotatable bonds is 5. The van der Waals surface area contributed by atoms with Gasteiger partial charge in [0.15, 0.2) is 0 Å². The van der Waals surface area contributed by atoms with Crippen LogP contribution < -0.4 is 0 Å². The van der Waals surface area contributed by atoms with Gasteiger partial charge in [0, 0.05) is 12.5 Å². The van der Waals surface area contributed by atoms with Crippen molar-refractivity contribution in [3.63, 3.8) is 0 Å². The number of ketones is 1. The van der Waals surface area contributed by atoms with E-state index in [0.29, 0.717) is 19.4 Å². The summed E-state index contributed by atoms with van der Waals surface area (Å²) in [7, 11) is 1.36. The molecule has 0 N–H and O–H groups in total. The maximum absolute atomic E-state index is 12.6. The number of nitrogens with zero attached hydrogens (tertiary/aromatic N) is 1. The van der Waals surface area contributed by atoms with Crippen LogP contribution in [0.3, 0.4) is 0 Å². The van der Waals surface area contributed by atoms with Crippen LogP contribution >= 0.6 is 0 Å². The largest absolute Gasteiger partial charge is 0.466 e. The van der Waals surface area contributed by atoms with Crippen LogP contribution in [0, 0.1) is 5.92 Å². The van der Waals surface area contributed by atoms with Crippen LogP contribution in [0.15, 0.2) is 24.3 Å². The molecule has 1 heterocycles. The second-order valence-electron chi connectivity index (χ2n) is 8.22. The molecule has 0 bridgehead atoms. The van der Waals surface area contributed by atoms with Crippen LogP contribution in [0.2, 0.25) is 0 Å². The Morgan fingerprint density at radius 1 is 1.21 bits per heavy atom. The molecule has 6 heteroatoms. The summed E-state index contributed by atoms with van der Waals surface area (Å²) in [5, 5.41) is 0. The lowest BCUT2D eigenvalue weighted by atomic mass is 9.81. The number of Topliss-reactive ketones (excluding diaryl/α,β-unsaturated/α-hetero) is 1. The Labute approximate surface area is 167 Å². The zero-order valence-electron chi connectivity index (χ0n) is 17.5. The van der Waals surface area contributed by atoms with Crippen LogP contribution in [-0.2, 0) is 24.5 Å². The molecule has 1 fully saturated rings. The van der Waals surface area contributed by atoms with Crippen molar-refractivity contribution in [1.82, 2.24) is 4.90 Å². The van der Waals surface area contributed by atoms with E-state index in [9.17, 15) is 14.4 Å². The fraction of sp³-hybridized carbons (Fsp3) is 0.591. The lowest BCUT2D eigenvalue weighted by molar-refractivity contribution is -0.146. The number of ether oxygens (including phenoxy) is 2. The van der Waals surface area contributed by atoms with E-state index in [1.807, 2.05) is 12.1 Å². The van der Waals surface area contributed by atoms with Crippen molar-refractivity contribution in [3.05, 3.63) is 35.4 Å². The SMILES string of the molecule is CCOC(=O)CC(=O)C1CCN(C(=O)OC)C(c2cccc(C(C)(C)C)c2)C1. The van der Waals surface area contributed by atoms with Crippen LogP contribution in [0.4, 0.5) is 4.79 Å². The third kappa shape index (κ3) is 5.33. The third-order valence-electron chi connectivity index (χ3n) is 5.23. The molecule has 1 aliphatic heterocycles. The number of likely N-dealkylation sites (tertiary alicyclic amines) is 1. The molecule has 2 rings (SSSR count). The topological polar surface area (TPSA) is 72.9 Å². The van der Waals surface area contributed by atoms with Crippen molar-refractivity contribution >= 4 is 17.8 Å². The number of amides is 1. The van der Waals surface area contributed by atoms with E-state index in [0.717, 1.165) is 11.1 Å². The minimum absolute atomic E-state index is 0.0279. The summed E-state index contributed by atoms with van der Waals surface area (Å²) in [4.78, 5) is 38.3. The van der Waals surface area contributed by atoms with Gasteiger partial charge in [-0.1, -0.05) is 45.0 Å².